The summed E-state index contributed by atoms with van der Waals surface area (Å²) in [5.41, 5.74) is 19.9. The predicted molar refractivity (Wildman–Crippen MR) is 573 cm³/mol. The molecule has 0 aliphatic carbocycles. The van der Waals surface area contributed by atoms with Crippen molar-refractivity contribution in [1.82, 2.24) is 0 Å². The number of hydrogen-bond donors (Lipinski definition) is 0. The van der Waals surface area contributed by atoms with Crippen LogP contribution in [0.3, 0.4) is 0 Å². The molecule has 11 aromatic carbocycles. The quantitative estimate of drug-likeness (QED) is 0.0261. The van der Waals surface area contributed by atoms with Crippen LogP contribution >= 0.6 is 0 Å². The van der Waals surface area contributed by atoms with Crippen molar-refractivity contribution in [2.75, 3.05) is 123 Å². The molecule has 2 heterocycles. The number of benzene rings is 11. The Hall–Kier alpha value is -9.96. The lowest BCUT2D eigenvalue weighted by Gasteiger charge is -2.25. The average Bonchev–Trinajstić information content (AvgIpc) is 1.16. The van der Waals surface area contributed by atoms with Gasteiger partial charge < -0.3 is 85.3 Å². The number of fused-ring (bicyclic) bond motifs is 5. The summed E-state index contributed by atoms with van der Waals surface area (Å²) in [5.74, 6) is 10.7. The second-order valence-electron chi connectivity index (χ2n) is 34.0. The van der Waals surface area contributed by atoms with Gasteiger partial charge in [-0.3, -0.25) is 0 Å². The summed E-state index contributed by atoms with van der Waals surface area (Å²) in [7, 11) is 13.6. The Kier molecular flexibility index (Phi) is 57.8. The third kappa shape index (κ3) is 33.4. The minimum Gasteiger partial charge on any atom is -0.493 e. The number of ether oxygens (including phenoxy) is 18. The van der Waals surface area contributed by atoms with E-state index in [9.17, 15) is 0 Å². The molecule has 0 fully saturated rings. The van der Waals surface area contributed by atoms with E-state index in [4.69, 9.17) is 85.3 Å². The monoisotopic (exact) mass is 1890 g/mol. The highest BCUT2D eigenvalue weighted by atomic mass is 16.6. The van der Waals surface area contributed by atoms with E-state index in [0.29, 0.717) is 154 Å². The van der Waals surface area contributed by atoms with Gasteiger partial charge in [-0.25, -0.2) is 0 Å². The van der Waals surface area contributed by atoms with E-state index >= 15 is 0 Å². The molecule has 11 aromatic rings. The fraction of sp³-hybridized carbons (Fsp3) is 0.496. The Morgan fingerprint density at radius 3 is 1.01 bits per heavy atom. The van der Waals surface area contributed by atoms with Gasteiger partial charge in [0.05, 0.1) is 72.7 Å². The van der Waals surface area contributed by atoms with Gasteiger partial charge in [0.2, 0.25) is 0 Å². The first kappa shape index (κ1) is 123. The van der Waals surface area contributed by atoms with Crippen LogP contribution in [-0.2, 0) is 115 Å². The molecule has 0 bridgehead atoms. The number of rotatable bonds is 46. The van der Waals surface area contributed by atoms with Gasteiger partial charge in [0.15, 0.2) is 0 Å². The van der Waals surface area contributed by atoms with E-state index in [1.54, 1.807) is 56.9 Å². The summed E-state index contributed by atoms with van der Waals surface area (Å²) in [6, 6.07) is 59.5. The van der Waals surface area contributed by atoms with Crippen LogP contribution in [0.5, 0.6) is 51.7 Å². The van der Waals surface area contributed by atoms with E-state index in [-0.39, 0.29) is 59.4 Å². The fourth-order valence-corrected chi connectivity index (χ4v) is 16.8. The maximum atomic E-state index is 6.50. The van der Waals surface area contributed by atoms with Crippen LogP contribution in [0.2, 0.25) is 0 Å². The first-order valence-corrected chi connectivity index (χ1v) is 46.3. The predicted octanol–water partition coefficient (Wildman–Crippen LogP) is 30.6. The van der Waals surface area contributed by atoms with Crippen molar-refractivity contribution in [1.29, 1.82) is 0 Å². The van der Waals surface area contributed by atoms with Crippen LogP contribution < -0.4 is 42.6 Å². The highest BCUT2D eigenvalue weighted by Gasteiger charge is 2.27. The Balaban J connectivity index is 0.000000608. The smallest absolute Gasteiger partial charge is 0.135 e. The molecule has 0 amide bonds. The number of methoxy groups -OCH3 is 8. The molecule has 18 heteroatoms. The van der Waals surface area contributed by atoms with Gasteiger partial charge in [-0.15, -0.1) is 0 Å². The third-order valence-electron chi connectivity index (χ3n) is 24.4. The maximum absolute atomic E-state index is 6.50. The summed E-state index contributed by atoms with van der Waals surface area (Å²) in [4.78, 5) is 0. The van der Waals surface area contributed by atoms with Crippen LogP contribution in [0, 0.1) is 0 Å². The molecule has 0 spiro atoms. The Labute approximate surface area is 828 Å². The Morgan fingerprint density at radius 2 is 0.620 bits per heavy atom. The zero-order valence-corrected chi connectivity index (χ0v) is 80.7. The topological polar surface area (TPSA) is 166 Å². The van der Waals surface area contributed by atoms with Crippen molar-refractivity contribution in [2.45, 2.75) is 276 Å². The Morgan fingerprint density at radius 1 is 0.285 bits per heavy atom. The van der Waals surface area contributed by atoms with Gasteiger partial charge in [-0.1, -0.05) is 246 Å². The van der Waals surface area contributed by atoms with Crippen LogP contribution in [0.4, 0.5) is 0 Å². The fourth-order valence-electron chi connectivity index (χ4n) is 16.8. The van der Waals surface area contributed by atoms with Gasteiger partial charge in [0.1, 0.15) is 105 Å². The molecule has 13 rings (SSSR count). The summed E-state index contributed by atoms with van der Waals surface area (Å²) in [6.45, 7) is 36.2. The normalized spacial score (nSPS) is 12.3. The standard InChI is InChI=1S/C33H40O4.C29H38O4.C25H34O5.C24H32O5.8CH4/c1-7-23(4)31-27-12-8-10-14-29(27)33(30-15-11-9-13-28(30)31)37-17-16-36-32-25(20-34-5)18-24(22(2)3)19-26(32)21-35-6;1-7-21(4)25-12-13-28(27-11-9-8-10-26(25)27)32-14-15-33-29-23(18-30-5)16-22(20(2)3)17-24(29)19-31-6;1-5-18(2)19-6-8-22(9-7-19)29-12-13-30-25-21(15-26-3)14-20-16-28-11-10-23(20)24(25)17-27-4;1-5-17(2)18-6-8-20(9-7-18)27-12-13-29-24-19(15-25-3)14-23-21(10-11-28-23)22(24)16-26-4;;;;;;;;/h8-15,18-19,22-23H,7,16-17,20-21H2,1-6H3;8-13,16-17,20-21H,7,14-15,18-19H2,1-6H3;6-9,14,18H,5,10-13,15-17H2,1-4H3;6-9,14,17H,5,10-13,15-16H2,1-4H3;8*1H4. The molecule has 0 aromatic heterocycles. The van der Waals surface area contributed by atoms with Gasteiger partial charge in [0.25, 0.3) is 0 Å². The summed E-state index contributed by atoms with van der Waals surface area (Å²) in [5, 5.41) is 7.24. The zero-order chi connectivity index (χ0) is 92.1. The van der Waals surface area contributed by atoms with Gasteiger partial charge >= 0.3 is 0 Å². The van der Waals surface area contributed by atoms with Gasteiger partial charge in [-0.2, -0.15) is 0 Å². The minimum atomic E-state index is 0. The lowest BCUT2D eigenvalue weighted by molar-refractivity contribution is 0.107. The second kappa shape index (κ2) is 64.3. The van der Waals surface area contributed by atoms with Crippen molar-refractivity contribution < 1.29 is 85.3 Å². The van der Waals surface area contributed by atoms with E-state index in [1.807, 2.05) is 30.3 Å². The molecule has 4 unspecified atom stereocenters. The van der Waals surface area contributed by atoms with Crippen LogP contribution in [0.25, 0.3) is 32.3 Å². The molecule has 2 aliphatic heterocycles. The molecular formula is C119H176O18. The molecule has 18 nitrogen and oxygen atoms in total. The highest BCUT2D eigenvalue weighted by molar-refractivity contribution is 6.09. The van der Waals surface area contributed by atoms with Gasteiger partial charge in [0, 0.05) is 130 Å². The van der Waals surface area contributed by atoms with E-state index in [0.717, 1.165) is 158 Å². The molecule has 2 aliphatic rings. The highest BCUT2D eigenvalue weighted by Crippen LogP contribution is 2.45. The van der Waals surface area contributed by atoms with Crippen molar-refractivity contribution in [3.8, 4) is 51.7 Å². The average molecular weight is 1890 g/mol. The lowest BCUT2D eigenvalue weighted by atomic mass is 9.87. The lowest BCUT2D eigenvalue weighted by Crippen LogP contribution is -2.17. The second-order valence-corrected chi connectivity index (χ2v) is 34.0. The van der Waals surface area contributed by atoms with Crippen LogP contribution in [0.1, 0.15) is 298 Å². The van der Waals surface area contributed by atoms with E-state index < -0.39 is 0 Å². The number of hydrogen-bond acceptors (Lipinski definition) is 18. The minimum absolute atomic E-state index is 0. The van der Waals surface area contributed by atoms with Crippen molar-refractivity contribution in [2.24, 2.45) is 0 Å². The zero-order valence-electron chi connectivity index (χ0n) is 80.7. The molecule has 0 saturated carbocycles. The van der Waals surface area contributed by atoms with Crippen LogP contribution in [-0.4, -0.2) is 123 Å². The third-order valence-corrected chi connectivity index (χ3v) is 24.4. The SMILES string of the molecule is C.C.C.C.C.C.C.C.CCC(C)c1c2ccccc2c(OCCOc2c(COC)cc(C(C)C)cc2COC)c2ccccc12.CCC(C)c1ccc(OCCOc2c(COC)cc(C(C)C)cc2COC)c2ccccc12.CCC(C)c1ccc(OCCOc2c(COC)cc3c(c2COC)CCO3)cc1.CCC(C)c1ccc(OCCOc2c(COC)cc3c(c2COC)CCOC3)cc1. The summed E-state index contributed by atoms with van der Waals surface area (Å²) >= 11 is 0. The molecule has 760 valence electrons. The van der Waals surface area contributed by atoms with Gasteiger partial charge in [-0.05, 0) is 195 Å². The molecule has 0 saturated heterocycles. The van der Waals surface area contributed by atoms with Crippen molar-refractivity contribution in [3.05, 3.63) is 264 Å². The maximum Gasteiger partial charge on any atom is 0.135 e. The largest absolute Gasteiger partial charge is 0.493 e. The van der Waals surface area contributed by atoms with Crippen molar-refractivity contribution in [3.63, 3.8) is 0 Å². The van der Waals surface area contributed by atoms with Crippen molar-refractivity contribution >= 4 is 32.3 Å². The molecule has 4 atom stereocenters. The summed E-state index contributed by atoms with van der Waals surface area (Å²) < 4.78 is 104. The first-order valence-electron chi connectivity index (χ1n) is 46.3. The molecule has 137 heavy (non-hydrogen) atoms. The first-order chi connectivity index (χ1) is 62.8. The van der Waals surface area contributed by atoms with E-state index in [1.165, 1.54) is 66.2 Å². The Bertz CT molecular complexity index is 5140. The summed E-state index contributed by atoms with van der Waals surface area (Å²) in [6.07, 6.45) is 6.21. The molecule has 0 radical (unpaired) electrons. The van der Waals surface area contributed by atoms with E-state index in [2.05, 4.69) is 223 Å². The molecule has 0 N–H and O–H groups in total. The molecular weight excluding hydrogens is 1720 g/mol. The van der Waals surface area contributed by atoms with Crippen LogP contribution in [0.15, 0.2) is 170 Å².